The molecule has 0 radical (unpaired) electrons. The largest absolute Gasteiger partial charge is 0.375 e. The number of carbonyl (C=O) groups is 1. The van der Waals surface area contributed by atoms with Gasteiger partial charge in [-0.15, -0.1) is 6.58 Å². The molecule has 6 heteroatoms. The molecule has 1 aromatic rings. The molecular formula is C18H26N4O2. The van der Waals surface area contributed by atoms with Crippen LogP contribution in [-0.4, -0.2) is 71.1 Å². The molecule has 0 spiro atoms. The monoisotopic (exact) mass is 330 g/mol. The van der Waals surface area contributed by atoms with E-state index in [0.29, 0.717) is 24.8 Å². The molecule has 2 aliphatic rings. The van der Waals surface area contributed by atoms with Crippen molar-refractivity contribution in [3.63, 3.8) is 0 Å². The van der Waals surface area contributed by atoms with Gasteiger partial charge >= 0.3 is 0 Å². The first-order chi connectivity index (χ1) is 11.6. The van der Waals surface area contributed by atoms with E-state index >= 15 is 0 Å². The number of piperidine rings is 1. The summed E-state index contributed by atoms with van der Waals surface area (Å²) in [5.41, 5.74) is 2.24. The molecule has 0 bridgehead atoms. The SMILES string of the molecule is C=CCN1CCOC2CN(C(=O)c3ncnc(C)c3C)CCC2C1. The Morgan fingerprint density at radius 1 is 1.38 bits per heavy atom. The average molecular weight is 330 g/mol. The number of carbonyl (C=O) groups excluding carboxylic acids is 1. The summed E-state index contributed by atoms with van der Waals surface area (Å²) in [5, 5.41) is 0. The van der Waals surface area contributed by atoms with Gasteiger partial charge in [0.25, 0.3) is 5.91 Å². The molecule has 6 nitrogen and oxygen atoms in total. The number of aryl methyl sites for hydroxylation is 1. The minimum atomic E-state index is -0.00718. The summed E-state index contributed by atoms with van der Waals surface area (Å²) in [6.07, 6.45) is 4.49. The van der Waals surface area contributed by atoms with Gasteiger partial charge in [-0.3, -0.25) is 9.69 Å². The molecule has 130 valence electrons. The quantitative estimate of drug-likeness (QED) is 0.785. The third-order valence-corrected chi connectivity index (χ3v) is 5.14. The van der Waals surface area contributed by atoms with E-state index in [0.717, 1.165) is 43.9 Å². The number of hydrogen-bond acceptors (Lipinski definition) is 5. The molecule has 2 aliphatic heterocycles. The number of likely N-dealkylation sites (tertiary alicyclic amines) is 1. The standard InChI is InChI=1S/C18H26N4O2/c1-4-6-21-8-9-24-16-11-22(7-5-15(16)10-21)18(23)17-13(2)14(3)19-12-20-17/h4,12,15-16H,1,5-11H2,2-3H3. The van der Waals surface area contributed by atoms with Crippen LogP contribution in [0.15, 0.2) is 19.0 Å². The minimum absolute atomic E-state index is 0.00718. The number of hydrogen-bond donors (Lipinski definition) is 0. The van der Waals surface area contributed by atoms with Crippen molar-refractivity contribution in [1.82, 2.24) is 19.8 Å². The first kappa shape index (κ1) is 17.0. The highest BCUT2D eigenvalue weighted by molar-refractivity contribution is 5.93. The van der Waals surface area contributed by atoms with Gasteiger partial charge in [0.1, 0.15) is 12.0 Å². The fourth-order valence-electron chi connectivity index (χ4n) is 3.56. The van der Waals surface area contributed by atoms with E-state index < -0.39 is 0 Å². The van der Waals surface area contributed by atoms with Crippen LogP contribution in [0.3, 0.4) is 0 Å². The molecule has 2 unspecified atom stereocenters. The van der Waals surface area contributed by atoms with E-state index in [1.165, 1.54) is 6.33 Å². The van der Waals surface area contributed by atoms with E-state index in [1.54, 1.807) is 0 Å². The van der Waals surface area contributed by atoms with Crippen molar-refractivity contribution in [2.24, 2.45) is 5.92 Å². The van der Waals surface area contributed by atoms with Gasteiger partial charge in [-0.05, 0) is 20.3 Å². The Hall–Kier alpha value is -1.79. The normalized spacial score (nSPS) is 25.0. The highest BCUT2D eigenvalue weighted by Gasteiger charge is 2.35. The van der Waals surface area contributed by atoms with Gasteiger partial charge in [-0.2, -0.15) is 0 Å². The summed E-state index contributed by atoms with van der Waals surface area (Å²) < 4.78 is 6.05. The number of rotatable bonds is 3. The summed E-state index contributed by atoms with van der Waals surface area (Å²) in [5.74, 6) is 0.469. The zero-order valence-electron chi connectivity index (χ0n) is 14.6. The van der Waals surface area contributed by atoms with Crippen LogP contribution >= 0.6 is 0 Å². The van der Waals surface area contributed by atoms with Crippen molar-refractivity contribution in [2.75, 3.05) is 39.3 Å². The summed E-state index contributed by atoms with van der Waals surface area (Å²) in [4.78, 5) is 25.5. The highest BCUT2D eigenvalue weighted by Crippen LogP contribution is 2.25. The lowest BCUT2D eigenvalue weighted by molar-refractivity contribution is -0.0172. The average Bonchev–Trinajstić information content (AvgIpc) is 2.78. The Labute approximate surface area is 143 Å². The van der Waals surface area contributed by atoms with Crippen LogP contribution in [0.2, 0.25) is 0 Å². The predicted octanol–water partition coefficient (Wildman–Crippen LogP) is 1.44. The van der Waals surface area contributed by atoms with Gasteiger partial charge in [-0.1, -0.05) is 6.08 Å². The van der Waals surface area contributed by atoms with Crippen molar-refractivity contribution in [2.45, 2.75) is 26.4 Å². The molecule has 0 aliphatic carbocycles. The third kappa shape index (κ3) is 3.49. The van der Waals surface area contributed by atoms with Crippen molar-refractivity contribution >= 4 is 5.91 Å². The molecule has 3 heterocycles. The minimum Gasteiger partial charge on any atom is -0.375 e. The molecule has 2 atom stereocenters. The van der Waals surface area contributed by atoms with Crippen LogP contribution < -0.4 is 0 Å². The summed E-state index contributed by atoms with van der Waals surface area (Å²) in [6.45, 7) is 12.6. The summed E-state index contributed by atoms with van der Waals surface area (Å²) >= 11 is 0. The highest BCUT2D eigenvalue weighted by atomic mass is 16.5. The number of fused-ring (bicyclic) bond motifs is 1. The molecule has 2 fully saturated rings. The molecule has 0 aromatic carbocycles. The Kier molecular flexibility index (Phi) is 5.26. The second-order valence-corrected chi connectivity index (χ2v) is 6.69. The molecule has 24 heavy (non-hydrogen) atoms. The van der Waals surface area contributed by atoms with Crippen LogP contribution in [0.25, 0.3) is 0 Å². The van der Waals surface area contributed by atoms with Gasteiger partial charge in [0.2, 0.25) is 0 Å². The first-order valence-corrected chi connectivity index (χ1v) is 8.62. The maximum Gasteiger partial charge on any atom is 0.272 e. The Morgan fingerprint density at radius 2 is 2.21 bits per heavy atom. The fraction of sp³-hybridized carbons (Fsp3) is 0.611. The lowest BCUT2D eigenvalue weighted by Gasteiger charge is -2.38. The molecule has 2 saturated heterocycles. The maximum atomic E-state index is 12.9. The summed E-state index contributed by atoms with van der Waals surface area (Å²) in [6, 6.07) is 0. The van der Waals surface area contributed by atoms with Crippen LogP contribution in [0.4, 0.5) is 0 Å². The lowest BCUT2D eigenvalue weighted by atomic mass is 9.93. The first-order valence-electron chi connectivity index (χ1n) is 8.62. The van der Waals surface area contributed by atoms with Gasteiger partial charge in [0.05, 0.1) is 12.7 Å². The Morgan fingerprint density at radius 3 is 3.00 bits per heavy atom. The molecular weight excluding hydrogens is 304 g/mol. The number of amides is 1. The Balaban J connectivity index is 1.69. The van der Waals surface area contributed by atoms with Crippen molar-refractivity contribution in [3.8, 4) is 0 Å². The smallest absolute Gasteiger partial charge is 0.272 e. The molecule has 0 saturated carbocycles. The predicted molar refractivity (Wildman–Crippen MR) is 91.9 cm³/mol. The van der Waals surface area contributed by atoms with E-state index in [1.807, 2.05) is 24.8 Å². The maximum absolute atomic E-state index is 12.9. The second-order valence-electron chi connectivity index (χ2n) is 6.69. The van der Waals surface area contributed by atoms with Crippen molar-refractivity contribution < 1.29 is 9.53 Å². The zero-order chi connectivity index (χ0) is 17.1. The molecule has 1 aromatic heterocycles. The van der Waals surface area contributed by atoms with E-state index in [2.05, 4.69) is 21.4 Å². The van der Waals surface area contributed by atoms with E-state index in [-0.39, 0.29) is 12.0 Å². The van der Waals surface area contributed by atoms with Crippen molar-refractivity contribution in [1.29, 1.82) is 0 Å². The third-order valence-electron chi connectivity index (χ3n) is 5.14. The lowest BCUT2D eigenvalue weighted by Crippen LogP contribution is -2.49. The van der Waals surface area contributed by atoms with Crippen molar-refractivity contribution in [3.05, 3.63) is 35.9 Å². The molecule has 1 amide bonds. The van der Waals surface area contributed by atoms with Crippen LogP contribution in [-0.2, 0) is 4.74 Å². The van der Waals surface area contributed by atoms with Gasteiger partial charge in [0, 0.05) is 49.9 Å². The Bertz CT molecular complexity index is 619. The number of nitrogens with zero attached hydrogens (tertiary/aromatic N) is 4. The molecule has 0 N–H and O–H groups in total. The van der Waals surface area contributed by atoms with Gasteiger partial charge < -0.3 is 9.64 Å². The van der Waals surface area contributed by atoms with Crippen LogP contribution in [0, 0.1) is 19.8 Å². The van der Waals surface area contributed by atoms with Crippen LogP contribution in [0.5, 0.6) is 0 Å². The van der Waals surface area contributed by atoms with E-state index in [4.69, 9.17) is 4.74 Å². The molecule has 3 rings (SSSR count). The van der Waals surface area contributed by atoms with Gasteiger partial charge in [0.15, 0.2) is 0 Å². The van der Waals surface area contributed by atoms with Gasteiger partial charge in [-0.25, -0.2) is 9.97 Å². The zero-order valence-corrected chi connectivity index (χ0v) is 14.6. The number of ether oxygens (including phenoxy) is 1. The fourth-order valence-corrected chi connectivity index (χ4v) is 3.56. The number of aromatic nitrogens is 2. The summed E-state index contributed by atoms with van der Waals surface area (Å²) in [7, 11) is 0. The van der Waals surface area contributed by atoms with E-state index in [9.17, 15) is 4.79 Å². The second kappa shape index (κ2) is 7.40. The topological polar surface area (TPSA) is 58.6 Å². The van der Waals surface area contributed by atoms with Crippen LogP contribution in [0.1, 0.15) is 28.2 Å².